The lowest BCUT2D eigenvalue weighted by Crippen LogP contribution is -1.96. The molecule has 1 aliphatic carbocycles. The van der Waals surface area contributed by atoms with Crippen molar-refractivity contribution in [2.24, 2.45) is 0 Å². The molecule has 11 aromatic rings. The molecule has 3 nitrogen and oxygen atoms in total. The van der Waals surface area contributed by atoms with E-state index in [-0.39, 0.29) is 0 Å². The highest BCUT2D eigenvalue weighted by molar-refractivity contribution is 7.27. The van der Waals surface area contributed by atoms with Gasteiger partial charge in [-0.25, -0.2) is 4.98 Å². The fraction of sp³-hybridized carbons (Fsp3) is 0. The predicted octanol–water partition coefficient (Wildman–Crippen LogP) is 11.9. The Labute approximate surface area is 272 Å². The van der Waals surface area contributed by atoms with Crippen LogP contribution >= 0.6 is 11.3 Å². The molecule has 47 heavy (non-hydrogen) atoms. The summed E-state index contributed by atoms with van der Waals surface area (Å²) in [7, 11) is 0. The van der Waals surface area contributed by atoms with E-state index in [1.54, 1.807) is 0 Å². The van der Waals surface area contributed by atoms with E-state index < -0.39 is 0 Å². The third-order valence-corrected chi connectivity index (χ3v) is 11.7. The first-order valence-electron chi connectivity index (χ1n) is 16.1. The van der Waals surface area contributed by atoms with E-state index in [1.807, 2.05) is 11.3 Å². The van der Waals surface area contributed by atoms with Crippen LogP contribution in [0.2, 0.25) is 0 Å². The summed E-state index contributed by atoms with van der Waals surface area (Å²) >= 11 is 1.92. The molecule has 0 spiro atoms. The first-order valence-corrected chi connectivity index (χ1v) is 16.9. The number of nitrogens with zero attached hydrogens (tertiary/aromatic N) is 3. The number of imidazole rings is 1. The lowest BCUT2D eigenvalue weighted by atomic mass is 10.0. The molecule has 1 aliphatic rings. The Kier molecular flexibility index (Phi) is 4.36. The average molecular weight is 614 g/mol. The van der Waals surface area contributed by atoms with Crippen LogP contribution in [0.1, 0.15) is 0 Å². The van der Waals surface area contributed by atoms with Gasteiger partial charge >= 0.3 is 0 Å². The zero-order valence-electron chi connectivity index (χ0n) is 25.0. The molecule has 0 unspecified atom stereocenters. The summed E-state index contributed by atoms with van der Waals surface area (Å²) < 4.78 is 7.54. The third kappa shape index (κ3) is 2.87. The SMILES string of the molecule is c1ccc2c(c1)-c1cccc3c(-n4c5ccccc5c5ccc6c(sc7c8ccccc8c8nc9ccccc9n8c67)c54)ccc-2c13. The molecule has 7 aromatic carbocycles. The molecule has 4 heterocycles. The zero-order valence-corrected chi connectivity index (χ0v) is 25.8. The number of pyridine rings is 1. The van der Waals surface area contributed by atoms with Gasteiger partial charge in [-0.05, 0) is 51.9 Å². The molecule has 0 fully saturated rings. The highest BCUT2D eigenvalue weighted by Gasteiger charge is 2.26. The van der Waals surface area contributed by atoms with Crippen LogP contribution in [0.15, 0.2) is 140 Å². The van der Waals surface area contributed by atoms with E-state index in [0.717, 1.165) is 16.7 Å². The predicted molar refractivity (Wildman–Crippen MR) is 199 cm³/mol. The summed E-state index contributed by atoms with van der Waals surface area (Å²) in [5.41, 5.74) is 13.4. The fourth-order valence-corrected chi connectivity index (χ4v) is 9.90. The number of fused-ring (bicyclic) bond motifs is 17. The van der Waals surface area contributed by atoms with Crippen LogP contribution in [0.25, 0.3) is 108 Å². The van der Waals surface area contributed by atoms with E-state index in [0.29, 0.717) is 0 Å². The van der Waals surface area contributed by atoms with Crippen molar-refractivity contribution < 1.29 is 0 Å². The highest BCUT2D eigenvalue weighted by atomic mass is 32.1. The molecular formula is C43H23N3S. The molecule has 0 N–H and O–H groups in total. The number of hydrogen-bond donors (Lipinski definition) is 0. The van der Waals surface area contributed by atoms with Crippen molar-refractivity contribution in [2.45, 2.75) is 0 Å². The summed E-state index contributed by atoms with van der Waals surface area (Å²) in [6.07, 6.45) is 0. The minimum Gasteiger partial charge on any atom is -0.307 e. The minimum atomic E-state index is 1.02. The number of para-hydroxylation sites is 3. The Bertz CT molecular complexity index is 3160. The molecule has 0 atom stereocenters. The van der Waals surface area contributed by atoms with Crippen LogP contribution in [0.3, 0.4) is 0 Å². The maximum absolute atomic E-state index is 5.18. The molecule has 0 saturated heterocycles. The van der Waals surface area contributed by atoms with Crippen LogP contribution in [0.5, 0.6) is 0 Å². The van der Waals surface area contributed by atoms with Gasteiger partial charge < -0.3 is 4.57 Å². The summed E-state index contributed by atoms with van der Waals surface area (Å²) in [4.78, 5) is 5.18. The van der Waals surface area contributed by atoms with Gasteiger partial charge in [0.05, 0.1) is 42.7 Å². The Morgan fingerprint density at radius 3 is 1.94 bits per heavy atom. The van der Waals surface area contributed by atoms with E-state index in [2.05, 4.69) is 148 Å². The van der Waals surface area contributed by atoms with Crippen LogP contribution in [0.4, 0.5) is 0 Å². The van der Waals surface area contributed by atoms with Crippen molar-refractivity contribution in [3.05, 3.63) is 140 Å². The molecule has 0 saturated carbocycles. The Morgan fingerprint density at radius 2 is 1.06 bits per heavy atom. The quantitative estimate of drug-likeness (QED) is 0.181. The van der Waals surface area contributed by atoms with Crippen LogP contribution in [0, 0.1) is 0 Å². The summed E-state index contributed by atoms with van der Waals surface area (Å²) in [6.45, 7) is 0. The van der Waals surface area contributed by atoms with E-state index in [4.69, 9.17) is 4.98 Å². The average Bonchev–Trinajstić information content (AvgIpc) is 3.88. The third-order valence-electron chi connectivity index (χ3n) is 10.4. The van der Waals surface area contributed by atoms with Crippen molar-refractivity contribution in [1.29, 1.82) is 0 Å². The van der Waals surface area contributed by atoms with E-state index in [1.165, 1.54) is 91.6 Å². The van der Waals surface area contributed by atoms with Gasteiger partial charge in [-0.3, -0.25) is 4.40 Å². The molecule has 0 aliphatic heterocycles. The first-order chi connectivity index (χ1) is 23.3. The van der Waals surface area contributed by atoms with Crippen molar-refractivity contribution in [3.8, 4) is 27.9 Å². The standard InChI is InChI=1S/C43H23N3S/c1-2-11-25-24(10-1)27-15-9-16-32-36(23-22-28(25)38(27)32)45-35-18-7-5-12-26(35)29-20-21-33-40-41(47-42(33)39(29)45)30-13-3-4-14-31(30)43-44-34-17-6-8-19-37(34)46(40)43/h1-23H. The summed E-state index contributed by atoms with van der Waals surface area (Å²) in [5.74, 6) is 0. The number of aromatic nitrogens is 3. The Morgan fingerprint density at radius 1 is 0.426 bits per heavy atom. The van der Waals surface area contributed by atoms with Gasteiger partial charge in [-0.2, -0.15) is 0 Å². The molecular weight excluding hydrogens is 591 g/mol. The smallest absolute Gasteiger partial charge is 0.146 e. The van der Waals surface area contributed by atoms with Crippen molar-refractivity contribution in [1.82, 2.24) is 14.0 Å². The summed E-state index contributed by atoms with van der Waals surface area (Å²) in [5, 5.41) is 8.89. The van der Waals surface area contributed by atoms with Crippen LogP contribution in [-0.4, -0.2) is 14.0 Å². The Hall–Kier alpha value is -5.97. The minimum absolute atomic E-state index is 1.02. The number of thiophene rings is 1. The van der Waals surface area contributed by atoms with Gasteiger partial charge in [0, 0.05) is 32.3 Å². The fourth-order valence-electron chi connectivity index (χ4n) is 8.54. The Balaban J connectivity index is 1.30. The van der Waals surface area contributed by atoms with Gasteiger partial charge in [0.2, 0.25) is 0 Å². The second kappa shape index (κ2) is 8.43. The van der Waals surface area contributed by atoms with E-state index >= 15 is 0 Å². The van der Waals surface area contributed by atoms with Gasteiger partial charge in [-0.15, -0.1) is 11.3 Å². The van der Waals surface area contributed by atoms with Gasteiger partial charge in [0.1, 0.15) is 5.65 Å². The van der Waals surface area contributed by atoms with Crippen LogP contribution in [-0.2, 0) is 0 Å². The normalized spacial score (nSPS) is 12.7. The van der Waals surface area contributed by atoms with Gasteiger partial charge in [0.25, 0.3) is 0 Å². The zero-order chi connectivity index (χ0) is 30.4. The van der Waals surface area contributed by atoms with Crippen LogP contribution < -0.4 is 0 Å². The van der Waals surface area contributed by atoms with Crippen molar-refractivity contribution >= 4 is 91.7 Å². The molecule has 216 valence electrons. The highest BCUT2D eigenvalue weighted by Crippen LogP contribution is 2.50. The number of benzene rings is 7. The molecule has 0 bridgehead atoms. The molecule has 4 heteroatoms. The van der Waals surface area contributed by atoms with Crippen molar-refractivity contribution in [3.63, 3.8) is 0 Å². The molecule has 12 rings (SSSR count). The topological polar surface area (TPSA) is 22.2 Å². The second-order valence-corrected chi connectivity index (χ2v) is 13.7. The van der Waals surface area contributed by atoms with E-state index in [9.17, 15) is 0 Å². The summed E-state index contributed by atoms with van der Waals surface area (Å²) in [6, 6.07) is 51.2. The van der Waals surface area contributed by atoms with Gasteiger partial charge in [0.15, 0.2) is 0 Å². The number of rotatable bonds is 1. The maximum Gasteiger partial charge on any atom is 0.146 e. The van der Waals surface area contributed by atoms with Crippen molar-refractivity contribution in [2.75, 3.05) is 0 Å². The van der Waals surface area contributed by atoms with Gasteiger partial charge in [-0.1, -0.05) is 115 Å². The molecule has 0 amide bonds. The lowest BCUT2D eigenvalue weighted by molar-refractivity contribution is 1.21. The lowest BCUT2D eigenvalue weighted by Gasteiger charge is -2.13. The first kappa shape index (κ1) is 24.3. The maximum atomic E-state index is 5.18. The molecule has 4 aromatic heterocycles. The molecule has 0 radical (unpaired) electrons. The largest absolute Gasteiger partial charge is 0.307 e. The monoisotopic (exact) mass is 613 g/mol. The second-order valence-electron chi connectivity index (χ2n) is 12.7. The number of hydrogen-bond acceptors (Lipinski definition) is 2.